The highest BCUT2D eigenvalue weighted by molar-refractivity contribution is 6.12. The molecule has 1 aliphatic rings. The van der Waals surface area contributed by atoms with Crippen LogP contribution in [-0.4, -0.2) is 37.2 Å². The second-order valence-corrected chi connectivity index (χ2v) is 5.80. The number of benzene rings is 2. The standard InChI is InChI=1S/C21H17NO6/c1-27-20(25)15-9-5-6-12-22(18(15)21(26)28-2)16-11-10-13-7-3-4-8-14(13)17(16)19(23)24/h3-12H,1-2H3,(H,23,24). The number of carbonyl (C=O) groups is 3. The van der Waals surface area contributed by atoms with Gasteiger partial charge in [-0.25, -0.2) is 14.4 Å². The third kappa shape index (κ3) is 3.25. The van der Waals surface area contributed by atoms with Crippen molar-refractivity contribution in [3.63, 3.8) is 0 Å². The summed E-state index contributed by atoms with van der Waals surface area (Å²) >= 11 is 0. The molecule has 0 radical (unpaired) electrons. The van der Waals surface area contributed by atoms with E-state index in [-0.39, 0.29) is 22.5 Å². The fourth-order valence-corrected chi connectivity index (χ4v) is 3.04. The number of hydrogen-bond donors (Lipinski definition) is 1. The molecule has 0 amide bonds. The Balaban J connectivity index is 2.34. The predicted molar refractivity (Wildman–Crippen MR) is 103 cm³/mol. The van der Waals surface area contributed by atoms with Crippen LogP contribution in [0.5, 0.6) is 0 Å². The molecule has 3 rings (SSSR count). The molecule has 0 fully saturated rings. The van der Waals surface area contributed by atoms with Crippen LogP contribution in [0.1, 0.15) is 10.4 Å². The van der Waals surface area contributed by atoms with Crippen molar-refractivity contribution in [2.45, 2.75) is 0 Å². The largest absolute Gasteiger partial charge is 0.478 e. The molecule has 1 aliphatic heterocycles. The summed E-state index contributed by atoms with van der Waals surface area (Å²) in [7, 11) is 2.37. The number of ether oxygens (including phenoxy) is 2. The van der Waals surface area contributed by atoms with Crippen molar-refractivity contribution in [1.82, 2.24) is 0 Å². The minimum Gasteiger partial charge on any atom is -0.478 e. The zero-order valence-corrected chi connectivity index (χ0v) is 15.2. The summed E-state index contributed by atoms with van der Waals surface area (Å²) in [5.41, 5.74) is 0.0178. The zero-order chi connectivity index (χ0) is 20.3. The lowest BCUT2D eigenvalue weighted by Gasteiger charge is -2.25. The number of esters is 2. The highest BCUT2D eigenvalue weighted by Gasteiger charge is 2.30. The minimum absolute atomic E-state index is 0.00438. The monoisotopic (exact) mass is 379 g/mol. The highest BCUT2D eigenvalue weighted by Crippen LogP contribution is 2.33. The van der Waals surface area contributed by atoms with Crippen molar-refractivity contribution < 1.29 is 29.0 Å². The first-order chi connectivity index (χ1) is 13.5. The van der Waals surface area contributed by atoms with Crippen molar-refractivity contribution in [2.24, 2.45) is 0 Å². The van der Waals surface area contributed by atoms with E-state index in [4.69, 9.17) is 9.47 Å². The van der Waals surface area contributed by atoms with Gasteiger partial charge in [0.2, 0.25) is 0 Å². The van der Waals surface area contributed by atoms with Crippen LogP contribution in [0.15, 0.2) is 72.1 Å². The van der Waals surface area contributed by atoms with Gasteiger partial charge < -0.3 is 19.5 Å². The average molecular weight is 379 g/mol. The van der Waals surface area contributed by atoms with Gasteiger partial charge in [-0.1, -0.05) is 36.4 Å². The summed E-state index contributed by atoms with van der Waals surface area (Å²) in [4.78, 5) is 38.2. The van der Waals surface area contributed by atoms with Crippen LogP contribution >= 0.6 is 0 Å². The molecule has 0 bridgehead atoms. The van der Waals surface area contributed by atoms with E-state index in [0.717, 1.165) is 5.39 Å². The van der Waals surface area contributed by atoms with E-state index in [1.54, 1.807) is 48.6 Å². The van der Waals surface area contributed by atoms with Crippen LogP contribution in [-0.2, 0) is 19.1 Å². The van der Waals surface area contributed by atoms with E-state index in [1.165, 1.54) is 31.4 Å². The van der Waals surface area contributed by atoms with E-state index in [0.29, 0.717) is 5.39 Å². The first-order valence-corrected chi connectivity index (χ1v) is 8.29. The molecule has 0 atom stereocenters. The fraction of sp³-hybridized carbons (Fsp3) is 0.0952. The van der Waals surface area contributed by atoms with Crippen LogP contribution < -0.4 is 4.90 Å². The van der Waals surface area contributed by atoms with E-state index >= 15 is 0 Å². The summed E-state index contributed by atoms with van der Waals surface area (Å²) in [5, 5.41) is 11.1. The predicted octanol–water partition coefficient (Wildman–Crippen LogP) is 3.03. The van der Waals surface area contributed by atoms with Crippen molar-refractivity contribution in [3.8, 4) is 0 Å². The third-order valence-electron chi connectivity index (χ3n) is 4.27. The average Bonchev–Trinajstić information content (AvgIpc) is 2.94. The molecule has 0 saturated carbocycles. The van der Waals surface area contributed by atoms with Gasteiger partial charge in [0, 0.05) is 6.20 Å². The number of allylic oxidation sites excluding steroid dienone is 2. The van der Waals surface area contributed by atoms with Gasteiger partial charge in [0.25, 0.3) is 0 Å². The Morgan fingerprint density at radius 2 is 1.64 bits per heavy atom. The van der Waals surface area contributed by atoms with Gasteiger partial charge >= 0.3 is 17.9 Å². The second-order valence-electron chi connectivity index (χ2n) is 5.80. The second kappa shape index (κ2) is 7.79. The third-order valence-corrected chi connectivity index (χ3v) is 4.27. The molecule has 1 heterocycles. The van der Waals surface area contributed by atoms with Gasteiger partial charge in [0.1, 0.15) is 5.70 Å². The Morgan fingerprint density at radius 3 is 2.32 bits per heavy atom. The Bertz CT molecular complexity index is 1060. The number of carboxylic acid groups (broad SMARTS) is 1. The van der Waals surface area contributed by atoms with Crippen molar-refractivity contribution in [2.75, 3.05) is 19.1 Å². The lowest BCUT2D eigenvalue weighted by atomic mass is 10.0. The van der Waals surface area contributed by atoms with Crippen molar-refractivity contribution in [3.05, 3.63) is 77.7 Å². The Hall–Kier alpha value is -3.87. The molecule has 28 heavy (non-hydrogen) atoms. The number of carbonyl (C=O) groups excluding carboxylic acids is 2. The number of hydrogen-bond acceptors (Lipinski definition) is 6. The van der Waals surface area contributed by atoms with Crippen LogP contribution in [0.4, 0.5) is 5.69 Å². The minimum atomic E-state index is -1.17. The molecule has 2 aromatic rings. The maximum atomic E-state index is 12.5. The zero-order valence-electron chi connectivity index (χ0n) is 15.2. The van der Waals surface area contributed by atoms with E-state index in [2.05, 4.69) is 0 Å². The molecule has 142 valence electrons. The Kier molecular flexibility index (Phi) is 5.26. The summed E-state index contributed by atoms with van der Waals surface area (Å²) in [5.74, 6) is -2.72. The number of rotatable bonds is 4. The van der Waals surface area contributed by atoms with Gasteiger partial charge in [-0.05, 0) is 29.0 Å². The lowest BCUT2D eigenvalue weighted by molar-refractivity contribution is -0.139. The maximum Gasteiger partial charge on any atom is 0.355 e. The van der Waals surface area contributed by atoms with Gasteiger partial charge in [0.05, 0.1) is 31.0 Å². The number of fused-ring (bicyclic) bond motifs is 1. The summed E-state index contributed by atoms with van der Waals surface area (Å²) in [6, 6.07) is 10.3. The lowest BCUT2D eigenvalue weighted by Crippen LogP contribution is -2.28. The molecule has 2 aromatic carbocycles. The molecular weight excluding hydrogens is 362 g/mol. The topological polar surface area (TPSA) is 93.1 Å². The molecule has 7 heteroatoms. The normalized spacial score (nSPS) is 13.4. The summed E-state index contributed by atoms with van der Waals surface area (Å²) < 4.78 is 9.62. The molecule has 1 N–H and O–H groups in total. The van der Waals surface area contributed by atoms with Gasteiger partial charge in [-0.2, -0.15) is 0 Å². The molecule has 0 unspecified atom stereocenters. The maximum absolute atomic E-state index is 12.5. The molecular formula is C21H17NO6. The Labute approximate surface area is 160 Å². The SMILES string of the molecule is COC(=O)C1=C(C(=O)OC)N(c2ccc3ccccc3c2C(=O)O)C=CC=C1. The highest BCUT2D eigenvalue weighted by atomic mass is 16.5. The number of carboxylic acids is 1. The number of anilines is 1. The first-order valence-electron chi connectivity index (χ1n) is 8.29. The quantitative estimate of drug-likeness (QED) is 0.816. The van der Waals surface area contributed by atoms with E-state index in [9.17, 15) is 19.5 Å². The van der Waals surface area contributed by atoms with Gasteiger partial charge in [-0.15, -0.1) is 0 Å². The first kappa shape index (κ1) is 18.9. The number of methoxy groups -OCH3 is 2. The van der Waals surface area contributed by atoms with E-state index < -0.39 is 17.9 Å². The van der Waals surface area contributed by atoms with Crippen LogP contribution in [0.2, 0.25) is 0 Å². The fourth-order valence-electron chi connectivity index (χ4n) is 3.04. The van der Waals surface area contributed by atoms with Crippen LogP contribution in [0, 0.1) is 0 Å². The molecule has 0 spiro atoms. The smallest absolute Gasteiger partial charge is 0.355 e. The molecule has 0 saturated heterocycles. The Morgan fingerprint density at radius 1 is 0.929 bits per heavy atom. The molecule has 0 aliphatic carbocycles. The molecule has 0 aromatic heterocycles. The summed E-state index contributed by atoms with van der Waals surface area (Å²) in [6.07, 6.45) is 6.04. The van der Waals surface area contributed by atoms with E-state index in [1.807, 2.05) is 0 Å². The van der Waals surface area contributed by atoms with Gasteiger partial charge in [-0.3, -0.25) is 0 Å². The number of aromatic carboxylic acids is 1. The summed E-state index contributed by atoms with van der Waals surface area (Å²) in [6.45, 7) is 0. The van der Waals surface area contributed by atoms with Crippen LogP contribution in [0.25, 0.3) is 10.8 Å². The number of nitrogens with zero attached hydrogens (tertiary/aromatic N) is 1. The van der Waals surface area contributed by atoms with Gasteiger partial charge in [0.15, 0.2) is 0 Å². The van der Waals surface area contributed by atoms with Crippen molar-refractivity contribution >= 4 is 34.4 Å². The van der Waals surface area contributed by atoms with Crippen molar-refractivity contribution in [1.29, 1.82) is 0 Å². The molecule has 7 nitrogen and oxygen atoms in total. The van der Waals surface area contributed by atoms with Crippen LogP contribution in [0.3, 0.4) is 0 Å².